The van der Waals surface area contributed by atoms with Gasteiger partial charge in [-0.15, -0.1) is 11.6 Å². The minimum absolute atomic E-state index is 0.523. The molecule has 0 unspecified atom stereocenters. The molecule has 1 aromatic carbocycles. The molecule has 0 aromatic heterocycles. The van der Waals surface area contributed by atoms with Crippen LogP contribution in [0, 0.1) is 0 Å². The van der Waals surface area contributed by atoms with Crippen LogP contribution in [-0.4, -0.2) is 5.88 Å². The number of hydrogen-bond acceptors (Lipinski definition) is 0. The van der Waals surface area contributed by atoms with Crippen molar-refractivity contribution in [1.29, 1.82) is 0 Å². The fourth-order valence-corrected chi connectivity index (χ4v) is 1.71. The van der Waals surface area contributed by atoms with Gasteiger partial charge in [0.2, 0.25) is 0 Å². The van der Waals surface area contributed by atoms with E-state index in [1.54, 1.807) is 0 Å². The third-order valence-corrected chi connectivity index (χ3v) is 2.45. The van der Waals surface area contributed by atoms with Crippen molar-refractivity contribution in [2.45, 2.75) is 0 Å². The van der Waals surface area contributed by atoms with Crippen LogP contribution in [0.3, 0.4) is 0 Å². The van der Waals surface area contributed by atoms with Crippen LogP contribution in [0.15, 0.2) is 28.7 Å². The molecule has 1 rings (SSSR count). The second-order valence-corrected chi connectivity index (χ2v) is 3.82. The molecule has 0 N–H and O–H groups in total. The first-order chi connectivity index (χ1) is 5.74. The van der Waals surface area contributed by atoms with Crippen molar-refractivity contribution in [3.8, 4) is 0 Å². The fourth-order valence-electron chi connectivity index (χ4n) is 0.808. The van der Waals surface area contributed by atoms with Gasteiger partial charge in [0.05, 0.1) is 0 Å². The third kappa shape index (κ3) is 2.81. The molecule has 0 amide bonds. The average molecular weight is 266 g/mol. The zero-order valence-corrected chi connectivity index (χ0v) is 9.33. The van der Waals surface area contributed by atoms with Crippen molar-refractivity contribution in [2.24, 2.45) is 0 Å². The van der Waals surface area contributed by atoms with E-state index >= 15 is 0 Å². The van der Waals surface area contributed by atoms with Crippen LogP contribution in [0.5, 0.6) is 0 Å². The van der Waals surface area contributed by atoms with E-state index < -0.39 is 0 Å². The first kappa shape index (κ1) is 10.1. The molecule has 12 heavy (non-hydrogen) atoms. The van der Waals surface area contributed by atoms with Gasteiger partial charge in [-0.3, -0.25) is 0 Å². The number of hydrogen-bond donors (Lipinski definition) is 0. The van der Waals surface area contributed by atoms with Crippen molar-refractivity contribution in [1.82, 2.24) is 0 Å². The largest absolute Gasteiger partial charge is 0.122 e. The van der Waals surface area contributed by atoms with Crippen LogP contribution in [-0.2, 0) is 0 Å². The summed E-state index contributed by atoms with van der Waals surface area (Å²) < 4.78 is 0.983. The Labute approximate surface area is 90.3 Å². The van der Waals surface area contributed by atoms with Gasteiger partial charge in [0.15, 0.2) is 0 Å². The lowest BCUT2D eigenvalue weighted by Crippen LogP contribution is -1.75. The monoisotopic (exact) mass is 264 g/mol. The highest BCUT2D eigenvalue weighted by molar-refractivity contribution is 9.10. The SMILES string of the molecule is ClCC=Cc1ccc(Cl)cc1Br. The molecule has 3 heteroatoms. The highest BCUT2D eigenvalue weighted by Crippen LogP contribution is 2.22. The summed E-state index contributed by atoms with van der Waals surface area (Å²) in [5, 5.41) is 0.727. The van der Waals surface area contributed by atoms with Crippen molar-refractivity contribution in [2.75, 3.05) is 5.88 Å². The molecule has 0 bridgehead atoms. The smallest absolute Gasteiger partial charge is 0.0417 e. The van der Waals surface area contributed by atoms with Crippen LogP contribution < -0.4 is 0 Å². The lowest BCUT2D eigenvalue weighted by molar-refractivity contribution is 1.59. The molecule has 0 aliphatic carbocycles. The molecule has 0 aliphatic heterocycles. The maximum atomic E-state index is 5.77. The average Bonchev–Trinajstić information content (AvgIpc) is 2.03. The molecule has 0 heterocycles. The van der Waals surface area contributed by atoms with Gasteiger partial charge < -0.3 is 0 Å². The summed E-state index contributed by atoms with van der Waals surface area (Å²) in [7, 11) is 0. The van der Waals surface area contributed by atoms with E-state index in [1.807, 2.05) is 30.4 Å². The number of alkyl halides is 1. The molecule has 64 valence electrons. The van der Waals surface area contributed by atoms with E-state index in [2.05, 4.69) is 15.9 Å². The summed E-state index contributed by atoms with van der Waals surface area (Å²) >= 11 is 14.7. The Bertz CT molecular complexity index is 295. The third-order valence-electron chi connectivity index (χ3n) is 1.35. The Morgan fingerprint density at radius 2 is 2.17 bits per heavy atom. The predicted molar refractivity (Wildman–Crippen MR) is 58.9 cm³/mol. The van der Waals surface area contributed by atoms with E-state index in [-0.39, 0.29) is 0 Å². The lowest BCUT2D eigenvalue weighted by Gasteiger charge is -1.97. The second kappa shape index (κ2) is 4.90. The molecule has 0 saturated carbocycles. The molecule has 0 fully saturated rings. The van der Waals surface area contributed by atoms with Crippen molar-refractivity contribution in [3.63, 3.8) is 0 Å². The maximum Gasteiger partial charge on any atom is 0.0417 e. The van der Waals surface area contributed by atoms with Crippen LogP contribution in [0.25, 0.3) is 6.08 Å². The lowest BCUT2D eigenvalue weighted by atomic mass is 10.2. The summed E-state index contributed by atoms with van der Waals surface area (Å²) in [5.74, 6) is 0.523. The van der Waals surface area contributed by atoms with Gasteiger partial charge in [-0.2, -0.15) is 0 Å². The van der Waals surface area contributed by atoms with Crippen molar-refractivity contribution < 1.29 is 0 Å². The van der Waals surface area contributed by atoms with Crippen LogP contribution in [0.1, 0.15) is 5.56 Å². The van der Waals surface area contributed by atoms with Gasteiger partial charge in [0, 0.05) is 15.4 Å². The predicted octanol–water partition coefficient (Wildman–Crippen LogP) is 4.35. The van der Waals surface area contributed by atoms with Crippen LogP contribution >= 0.6 is 39.1 Å². The molecule has 0 saturated heterocycles. The number of halogens is 3. The fraction of sp³-hybridized carbons (Fsp3) is 0.111. The first-order valence-electron chi connectivity index (χ1n) is 3.41. The Hall–Kier alpha value is 0.0200. The second-order valence-electron chi connectivity index (χ2n) is 2.22. The molecule has 0 aliphatic rings. The highest BCUT2D eigenvalue weighted by atomic mass is 79.9. The van der Waals surface area contributed by atoms with Gasteiger partial charge in [-0.25, -0.2) is 0 Å². The number of rotatable bonds is 2. The van der Waals surface area contributed by atoms with Gasteiger partial charge in [0.1, 0.15) is 0 Å². The summed E-state index contributed by atoms with van der Waals surface area (Å²) in [4.78, 5) is 0. The Balaban J connectivity index is 2.94. The topological polar surface area (TPSA) is 0 Å². The quantitative estimate of drug-likeness (QED) is 0.698. The molecule has 0 atom stereocenters. The van der Waals surface area contributed by atoms with Crippen molar-refractivity contribution >= 4 is 45.2 Å². The van der Waals surface area contributed by atoms with E-state index in [9.17, 15) is 0 Å². The standard InChI is InChI=1S/C9H7BrCl2/c10-9-6-8(12)4-3-7(9)2-1-5-11/h1-4,6H,5H2. The van der Waals surface area contributed by atoms with Gasteiger partial charge in [0.25, 0.3) is 0 Å². The number of benzene rings is 1. The molecular formula is C9H7BrCl2. The molecular weight excluding hydrogens is 259 g/mol. The summed E-state index contributed by atoms with van der Waals surface area (Å²) in [6.45, 7) is 0. The van der Waals surface area contributed by atoms with Crippen LogP contribution in [0.4, 0.5) is 0 Å². The van der Waals surface area contributed by atoms with E-state index in [0.29, 0.717) is 5.88 Å². The molecule has 0 nitrogen and oxygen atoms in total. The molecule has 1 aromatic rings. The summed E-state index contributed by atoms with van der Waals surface area (Å²) in [6, 6.07) is 5.64. The van der Waals surface area contributed by atoms with E-state index in [1.165, 1.54) is 0 Å². The Kier molecular flexibility index (Phi) is 4.13. The van der Waals surface area contributed by atoms with Crippen LogP contribution in [0.2, 0.25) is 5.02 Å². The molecule has 0 spiro atoms. The minimum Gasteiger partial charge on any atom is -0.122 e. The van der Waals surface area contributed by atoms with E-state index in [0.717, 1.165) is 15.1 Å². The zero-order valence-electron chi connectivity index (χ0n) is 6.23. The molecule has 0 radical (unpaired) electrons. The maximum absolute atomic E-state index is 5.77. The van der Waals surface area contributed by atoms with E-state index in [4.69, 9.17) is 23.2 Å². The highest BCUT2D eigenvalue weighted by Gasteiger charge is 1.95. The first-order valence-corrected chi connectivity index (χ1v) is 5.12. The summed E-state index contributed by atoms with van der Waals surface area (Å²) in [5.41, 5.74) is 1.08. The summed E-state index contributed by atoms with van der Waals surface area (Å²) in [6.07, 6.45) is 3.84. The normalized spacial score (nSPS) is 10.9. The van der Waals surface area contributed by atoms with Gasteiger partial charge in [-0.05, 0) is 17.7 Å². The number of allylic oxidation sites excluding steroid dienone is 1. The minimum atomic E-state index is 0.523. The zero-order chi connectivity index (χ0) is 8.97. The Morgan fingerprint density at radius 3 is 2.75 bits per heavy atom. The van der Waals surface area contributed by atoms with Gasteiger partial charge in [-0.1, -0.05) is 45.7 Å². The van der Waals surface area contributed by atoms with Gasteiger partial charge >= 0.3 is 0 Å². The van der Waals surface area contributed by atoms with Crippen molar-refractivity contribution in [3.05, 3.63) is 39.3 Å². The Morgan fingerprint density at radius 1 is 1.42 bits per heavy atom.